The Balaban J connectivity index is 0.00000385. The lowest BCUT2D eigenvalue weighted by atomic mass is 9.88. The highest BCUT2D eigenvalue weighted by molar-refractivity contribution is 14.0. The van der Waals surface area contributed by atoms with Crippen molar-refractivity contribution in [2.45, 2.75) is 50.8 Å². The minimum Gasteiger partial charge on any atom is -0.384 e. The lowest BCUT2D eigenvalue weighted by Crippen LogP contribution is -2.58. The quantitative estimate of drug-likeness (QED) is 0.210. The maximum atomic E-state index is 10.9. The van der Waals surface area contributed by atoms with Gasteiger partial charge in [0.05, 0.1) is 6.54 Å². The number of halogens is 1. The second-order valence-corrected chi connectivity index (χ2v) is 8.86. The molecule has 1 aliphatic heterocycles. The Morgan fingerprint density at radius 3 is 2.27 bits per heavy atom. The van der Waals surface area contributed by atoms with Crippen molar-refractivity contribution in [2.24, 2.45) is 4.99 Å². The topological polar surface area (TPSA) is 77.9 Å². The van der Waals surface area contributed by atoms with E-state index in [1.165, 1.54) is 5.56 Å². The van der Waals surface area contributed by atoms with Crippen molar-refractivity contribution in [1.82, 2.24) is 16.0 Å². The number of hydrogen-bond acceptors (Lipinski definition) is 4. The summed E-state index contributed by atoms with van der Waals surface area (Å²) in [5.41, 5.74) is 1.02. The molecule has 182 valence electrons. The van der Waals surface area contributed by atoms with Gasteiger partial charge in [-0.3, -0.25) is 0 Å². The molecule has 3 rings (SSSR count). The molecule has 4 N–H and O–H groups in total. The van der Waals surface area contributed by atoms with Gasteiger partial charge < -0.3 is 25.8 Å². The van der Waals surface area contributed by atoms with Crippen LogP contribution in [0.15, 0.2) is 65.7 Å². The fourth-order valence-electron chi connectivity index (χ4n) is 4.13. The molecule has 0 aromatic heterocycles. The molecule has 2 aromatic rings. The highest BCUT2D eigenvalue weighted by atomic mass is 127. The molecule has 1 aliphatic rings. The molecule has 6 nitrogen and oxygen atoms in total. The standard InChI is InChI=1S/C26H38N4O2.HI/c1-4-27-24(28-19-25(3,31)23-13-9-6-10-14-23)29-20-26(15-17-32-18-16-26)30-21(2)22-11-7-5-8-12-22;/h5-14,21,30-31H,4,15-20H2,1-3H3,(H2,27,28,29);1H. The van der Waals surface area contributed by atoms with Crippen LogP contribution in [0.3, 0.4) is 0 Å². The van der Waals surface area contributed by atoms with Gasteiger partial charge in [0.2, 0.25) is 0 Å². The third-order valence-electron chi connectivity index (χ3n) is 6.15. The van der Waals surface area contributed by atoms with Crippen LogP contribution in [0.4, 0.5) is 0 Å². The summed E-state index contributed by atoms with van der Waals surface area (Å²) in [7, 11) is 0. The van der Waals surface area contributed by atoms with E-state index < -0.39 is 5.60 Å². The molecule has 1 fully saturated rings. The van der Waals surface area contributed by atoms with E-state index in [-0.39, 0.29) is 42.1 Å². The third-order valence-corrected chi connectivity index (χ3v) is 6.15. The largest absolute Gasteiger partial charge is 0.384 e. The van der Waals surface area contributed by atoms with Crippen molar-refractivity contribution in [3.63, 3.8) is 0 Å². The summed E-state index contributed by atoms with van der Waals surface area (Å²) in [4.78, 5) is 4.70. The SMILES string of the molecule is CCNC(=NCC(C)(O)c1ccccc1)NCC1(NC(C)c2ccccc2)CCOCC1.I. The molecule has 1 saturated heterocycles. The van der Waals surface area contributed by atoms with Crippen LogP contribution >= 0.6 is 24.0 Å². The van der Waals surface area contributed by atoms with E-state index in [4.69, 9.17) is 9.73 Å². The highest BCUT2D eigenvalue weighted by Crippen LogP contribution is 2.25. The van der Waals surface area contributed by atoms with Crippen molar-refractivity contribution in [3.8, 4) is 0 Å². The summed E-state index contributed by atoms with van der Waals surface area (Å²) in [5, 5.41) is 21.6. The van der Waals surface area contributed by atoms with Crippen molar-refractivity contribution in [3.05, 3.63) is 71.8 Å². The van der Waals surface area contributed by atoms with E-state index in [1.807, 2.05) is 43.3 Å². The average Bonchev–Trinajstić information content (AvgIpc) is 2.82. The van der Waals surface area contributed by atoms with Crippen LogP contribution in [-0.4, -0.2) is 49.5 Å². The van der Waals surface area contributed by atoms with Gasteiger partial charge in [0.1, 0.15) is 5.60 Å². The monoisotopic (exact) mass is 566 g/mol. The number of aliphatic hydroxyl groups is 1. The summed E-state index contributed by atoms with van der Waals surface area (Å²) in [6, 6.07) is 20.4. The molecule has 2 aromatic carbocycles. The molecule has 7 heteroatoms. The minimum atomic E-state index is -1.03. The van der Waals surface area contributed by atoms with Gasteiger partial charge in [0, 0.05) is 37.9 Å². The van der Waals surface area contributed by atoms with Gasteiger partial charge in [0.25, 0.3) is 0 Å². The van der Waals surface area contributed by atoms with Crippen LogP contribution < -0.4 is 16.0 Å². The molecular weight excluding hydrogens is 527 g/mol. The fraction of sp³-hybridized carbons (Fsp3) is 0.500. The van der Waals surface area contributed by atoms with Crippen LogP contribution in [0.1, 0.15) is 50.8 Å². The summed E-state index contributed by atoms with van der Waals surface area (Å²) < 4.78 is 5.66. The first kappa shape index (κ1) is 27.6. The number of ether oxygens (including phenoxy) is 1. The highest BCUT2D eigenvalue weighted by Gasteiger charge is 2.34. The molecule has 0 radical (unpaired) electrons. The Morgan fingerprint density at radius 1 is 1.06 bits per heavy atom. The smallest absolute Gasteiger partial charge is 0.191 e. The predicted molar refractivity (Wildman–Crippen MR) is 146 cm³/mol. The zero-order valence-corrected chi connectivity index (χ0v) is 22.3. The number of nitrogens with zero attached hydrogens (tertiary/aromatic N) is 1. The summed E-state index contributed by atoms with van der Waals surface area (Å²) in [6.07, 6.45) is 1.86. The van der Waals surface area contributed by atoms with Gasteiger partial charge >= 0.3 is 0 Å². The van der Waals surface area contributed by atoms with Crippen LogP contribution in [0.25, 0.3) is 0 Å². The molecule has 1 heterocycles. The number of benzene rings is 2. The minimum absolute atomic E-state index is 0. The van der Waals surface area contributed by atoms with E-state index in [1.54, 1.807) is 6.92 Å². The first-order chi connectivity index (χ1) is 15.4. The Hall–Kier alpha value is -1.68. The number of nitrogens with one attached hydrogen (secondary N) is 3. The van der Waals surface area contributed by atoms with Crippen molar-refractivity contribution in [1.29, 1.82) is 0 Å². The van der Waals surface area contributed by atoms with Crippen LogP contribution in [0.2, 0.25) is 0 Å². The summed E-state index contributed by atoms with van der Waals surface area (Å²) in [5.74, 6) is 0.712. The summed E-state index contributed by atoms with van der Waals surface area (Å²) in [6.45, 7) is 9.31. The molecule has 0 saturated carbocycles. The molecular formula is C26H39IN4O2. The van der Waals surface area contributed by atoms with E-state index in [9.17, 15) is 5.11 Å². The van der Waals surface area contributed by atoms with Crippen LogP contribution in [0.5, 0.6) is 0 Å². The molecule has 0 spiro atoms. The number of hydrogen-bond donors (Lipinski definition) is 4. The van der Waals surface area contributed by atoms with Crippen molar-refractivity contribution >= 4 is 29.9 Å². The Morgan fingerprint density at radius 2 is 1.67 bits per heavy atom. The Labute approximate surface area is 215 Å². The number of rotatable bonds is 9. The lowest BCUT2D eigenvalue weighted by Gasteiger charge is -2.41. The van der Waals surface area contributed by atoms with E-state index in [0.717, 1.165) is 44.7 Å². The normalized spacial score (nSPS) is 18.5. The van der Waals surface area contributed by atoms with E-state index >= 15 is 0 Å². The average molecular weight is 567 g/mol. The van der Waals surface area contributed by atoms with E-state index in [0.29, 0.717) is 5.96 Å². The molecule has 0 bridgehead atoms. The van der Waals surface area contributed by atoms with Gasteiger partial charge in [0.15, 0.2) is 5.96 Å². The Bertz CT molecular complexity index is 840. The van der Waals surface area contributed by atoms with Crippen molar-refractivity contribution < 1.29 is 9.84 Å². The van der Waals surface area contributed by atoms with Gasteiger partial charge in [-0.05, 0) is 44.7 Å². The zero-order chi connectivity index (χ0) is 22.9. The molecule has 0 amide bonds. The summed E-state index contributed by atoms with van der Waals surface area (Å²) >= 11 is 0. The number of aliphatic imine (C=N–C) groups is 1. The third kappa shape index (κ3) is 8.24. The second kappa shape index (κ2) is 13.3. The maximum absolute atomic E-state index is 10.9. The Kier molecular flexibility index (Phi) is 11.1. The van der Waals surface area contributed by atoms with Crippen molar-refractivity contribution in [2.75, 3.05) is 32.8 Å². The van der Waals surface area contributed by atoms with Gasteiger partial charge in [-0.25, -0.2) is 4.99 Å². The van der Waals surface area contributed by atoms with Crippen LogP contribution in [0, 0.1) is 0 Å². The molecule has 2 atom stereocenters. The van der Waals surface area contributed by atoms with E-state index in [2.05, 4.69) is 47.1 Å². The van der Waals surface area contributed by atoms with Gasteiger partial charge in [-0.2, -0.15) is 0 Å². The first-order valence-electron chi connectivity index (χ1n) is 11.6. The lowest BCUT2D eigenvalue weighted by molar-refractivity contribution is 0.0354. The van der Waals surface area contributed by atoms with Gasteiger partial charge in [-0.15, -0.1) is 24.0 Å². The number of guanidine groups is 1. The maximum Gasteiger partial charge on any atom is 0.191 e. The fourth-order valence-corrected chi connectivity index (χ4v) is 4.13. The molecule has 2 unspecified atom stereocenters. The predicted octanol–water partition coefficient (Wildman–Crippen LogP) is 3.97. The first-order valence-corrected chi connectivity index (χ1v) is 11.6. The second-order valence-electron chi connectivity index (χ2n) is 8.86. The zero-order valence-electron chi connectivity index (χ0n) is 20.0. The molecule has 0 aliphatic carbocycles. The molecule has 33 heavy (non-hydrogen) atoms. The van der Waals surface area contributed by atoms with Gasteiger partial charge in [-0.1, -0.05) is 60.7 Å². The van der Waals surface area contributed by atoms with Crippen LogP contribution in [-0.2, 0) is 10.3 Å².